The molecular formula is C20H21FN4O4S. The molecule has 0 spiro atoms. The molecule has 0 aliphatic carbocycles. The zero-order valence-electron chi connectivity index (χ0n) is 16.7. The van der Waals surface area contributed by atoms with E-state index >= 15 is 0 Å². The Hall–Kier alpha value is -3.11. The molecule has 1 aromatic heterocycles. The van der Waals surface area contributed by atoms with Crippen molar-refractivity contribution in [2.24, 2.45) is 0 Å². The van der Waals surface area contributed by atoms with Gasteiger partial charge in [-0.15, -0.1) is 0 Å². The van der Waals surface area contributed by atoms with Crippen molar-refractivity contribution in [2.45, 2.75) is 24.4 Å². The molecule has 3 rings (SSSR count). The first-order valence-corrected chi connectivity index (χ1v) is 10.5. The van der Waals surface area contributed by atoms with Crippen molar-refractivity contribution in [3.8, 4) is 0 Å². The molecule has 158 valence electrons. The third-order valence-corrected chi connectivity index (χ3v) is 6.47. The number of halogens is 1. The van der Waals surface area contributed by atoms with Crippen LogP contribution in [0.5, 0.6) is 0 Å². The molecule has 0 saturated carbocycles. The number of sulfonamides is 1. The summed E-state index contributed by atoms with van der Waals surface area (Å²) in [7, 11) is -0.638. The fourth-order valence-electron chi connectivity index (χ4n) is 2.91. The Morgan fingerprint density at radius 1 is 1.20 bits per heavy atom. The molecule has 0 aliphatic heterocycles. The minimum Gasteiger partial charge on any atom is -0.348 e. The van der Waals surface area contributed by atoms with Crippen LogP contribution in [0.4, 0.5) is 4.39 Å². The maximum absolute atomic E-state index is 13.4. The van der Waals surface area contributed by atoms with Crippen molar-refractivity contribution < 1.29 is 17.6 Å². The summed E-state index contributed by atoms with van der Waals surface area (Å²) in [5.74, 6) is -0.996. The fourth-order valence-corrected chi connectivity index (χ4v) is 3.81. The van der Waals surface area contributed by atoms with Crippen LogP contribution in [0, 0.1) is 5.82 Å². The lowest BCUT2D eigenvalue weighted by Crippen LogP contribution is -2.34. The zero-order chi connectivity index (χ0) is 22.1. The average Bonchev–Trinajstić information content (AvgIpc) is 2.70. The number of fused-ring (bicyclic) bond motifs is 1. The Morgan fingerprint density at radius 3 is 2.50 bits per heavy atom. The van der Waals surface area contributed by atoms with Crippen molar-refractivity contribution in [3.05, 3.63) is 70.5 Å². The van der Waals surface area contributed by atoms with E-state index in [0.717, 1.165) is 14.9 Å². The Bertz CT molecular complexity index is 1250. The van der Waals surface area contributed by atoms with Gasteiger partial charge >= 0.3 is 0 Å². The second-order valence-corrected chi connectivity index (χ2v) is 9.14. The van der Waals surface area contributed by atoms with Crippen LogP contribution in [-0.2, 0) is 21.4 Å². The molecule has 1 amide bonds. The van der Waals surface area contributed by atoms with Crippen molar-refractivity contribution >= 4 is 26.8 Å². The van der Waals surface area contributed by atoms with E-state index in [-0.39, 0.29) is 16.8 Å². The average molecular weight is 432 g/mol. The number of benzene rings is 2. The van der Waals surface area contributed by atoms with Crippen LogP contribution in [-0.4, -0.2) is 42.3 Å². The lowest BCUT2D eigenvalue weighted by atomic mass is 10.1. The van der Waals surface area contributed by atoms with E-state index in [2.05, 4.69) is 10.3 Å². The quantitative estimate of drug-likeness (QED) is 0.638. The summed E-state index contributed by atoms with van der Waals surface area (Å²) in [6, 6.07) is 9.46. The molecule has 0 unspecified atom stereocenters. The second kappa shape index (κ2) is 8.33. The Labute approximate surface area is 173 Å². The highest BCUT2D eigenvalue weighted by Gasteiger charge is 2.18. The van der Waals surface area contributed by atoms with Gasteiger partial charge < -0.3 is 5.32 Å². The lowest BCUT2D eigenvalue weighted by molar-refractivity contribution is -0.122. The van der Waals surface area contributed by atoms with Gasteiger partial charge in [-0.1, -0.05) is 12.1 Å². The number of hydrogen-bond donors (Lipinski definition) is 1. The molecule has 3 aromatic rings. The number of nitrogens with one attached hydrogen (secondary N) is 1. The largest absolute Gasteiger partial charge is 0.348 e. The van der Waals surface area contributed by atoms with Gasteiger partial charge in [0.1, 0.15) is 12.4 Å². The van der Waals surface area contributed by atoms with Crippen LogP contribution in [0.3, 0.4) is 0 Å². The molecule has 10 heteroatoms. The molecule has 2 aromatic carbocycles. The summed E-state index contributed by atoms with van der Waals surface area (Å²) in [5.41, 5.74) is 0.534. The summed E-state index contributed by atoms with van der Waals surface area (Å²) < 4.78 is 39.9. The number of aromatic nitrogens is 2. The summed E-state index contributed by atoms with van der Waals surface area (Å²) in [6.07, 6.45) is 1.24. The van der Waals surface area contributed by atoms with Crippen LogP contribution >= 0.6 is 0 Å². The molecule has 0 fully saturated rings. The third kappa shape index (κ3) is 4.39. The van der Waals surface area contributed by atoms with Gasteiger partial charge in [0.05, 0.1) is 28.2 Å². The summed E-state index contributed by atoms with van der Waals surface area (Å²) in [4.78, 5) is 29.1. The minimum atomic E-state index is -3.53. The first-order valence-electron chi connectivity index (χ1n) is 9.06. The Kier molecular flexibility index (Phi) is 5.99. The highest BCUT2D eigenvalue weighted by atomic mass is 32.2. The molecule has 30 heavy (non-hydrogen) atoms. The smallest absolute Gasteiger partial charge is 0.261 e. The standard InChI is InChI=1S/C20H21FN4O4S/c1-13(14-4-7-16(8-5-14)30(28,29)24(2)3)23-19(26)11-25-12-22-18-9-6-15(21)10-17(18)20(25)27/h4-10,12-13H,11H2,1-3H3,(H,23,26)/t13-/m0/s1. The number of hydrogen-bond acceptors (Lipinski definition) is 5. The highest BCUT2D eigenvalue weighted by molar-refractivity contribution is 7.89. The fraction of sp³-hybridized carbons (Fsp3) is 0.250. The molecule has 0 saturated heterocycles. The second-order valence-electron chi connectivity index (χ2n) is 6.98. The molecule has 8 nitrogen and oxygen atoms in total. The van der Waals surface area contributed by atoms with Crippen molar-refractivity contribution in [1.29, 1.82) is 0 Å². The molecule has 0 bridgehead atoms. The predicted octanol–water partition coefficient (Wildman–Crippen LogP) is 1.66. The molecule has 1 heterocycles. The van der Waals surface area contributed by atoms with Gasteiger partial charge in [0.2, 0.25) is 15.9 Å². The van der Waals surface area contributed by atoms with Crippen LogP contribution in [0.15, 0.2) is 58.5 Å². The summed E-state index contributed by atoms with van der Waals surface area (Å²) in [6.45, 7) is 1.46. The van der Waals surface area contributed by atoms with Crippen molar-refractivity contribution in [1.82, 2.24) is 19.2 Å². The molecular weight excluding hydrogens is 411 g/mol. The van der Waals surface area contributed by atoms with Crippen LogP contribution in [0.2, 0.25) is 0 Å². The SMILES string of the molecule is C[C@H](NC(=O)Cn1cnc2ccc(F)cc2c1=O)c1ccc(S(=O)(=O)N(C)C)cc1. The maximum Gasteiger partial charge on any atom is 0.261 e. The summed E-state index contributed by atoms with van der Waals surface area (Å²) in [5, 5.41) is 2.85. The topological polar surface area (TPSA) is 101 Å². The number of amides is 1. The monoisotopic (exact) mass is 432 g/mol. The van der Waals surface area contributed by atoms with Crippen LogP contribution in [0.1, 0.15) is 18.5 Å². The molecule has 1 N–H and O–H groups in total. The van der Waals surface area contributed by atoms with Gasteiger partial charge in [0, 0.05) is 14.1 Å². The molecule has 1 atom stereocenters. The van der Waals surface area contributed by atoms with E-state index < -0.39 is 33.3 Å². The van der Waals surface area contributed by atoms with E-state index in [1.165, 1.54) is 44.7 Å². The first kappa shape index (κ1) is 21.6. The normalized spacial score (nSPS) is 12.8. The van der Waals surface area contributed by atoms with Gasteiger partial charge in [-0.05, 0) is 42.8 Å². The van der Waals surface area contributed by atoms with Gasteiger partial charge in [-0.2, -0.15) is 0 Å². The van der Waals surface area contributed by atoms with Gasteiger partial charge in [-0.25, -0.2) is 22.1 Å². The number of nitrogens with zero attached hydrogens (tertiary/aromatic N) is 3. The first-order chi connectivity index (χ1) is 14.1. The van der Waals surface area contributed by atoms with Crippen molar-refractivity contribution in [2.75, 3.05) is 14.1 Å². The zero-order valence-corrected chi connectivity index (χ0v) is 17.5. The Morgan fingerprint density at radius 2 is 1.87 bits per heavy atom. The maximum atomic E-state index is 13.4. The number of rotatable bonds is 6. The van der Waals surface area contributed by atoms with Crippen LogP contribution < -0.4 is 10.9 Å². The van der Waals surface area contributed by atoms with E-state index in [1.54, 1.807) is 19.1 Å². The minimum absolute atomic E-state index is 0.0936. The van der Waals surface area contributed by atoms with E-state index in [4.69, 9.17) is 0 Å². The van der Waals surface area contributed by atoms with Gasteiger partial charge in [-0.3, -0.25) is 14.2 Å². The third-order valence-electron chi connectivity index (χ3n) is 4.64. The molecule has 0 aliphatic rings. The number of carbonyl (C=O) groups is 1. The van der Waals surface area contributed by atoms with E-state index in [0.29, 0.717) is 11.1 Å². The van der Waals surface area contributed by atoms with Gasteiger partial charge in [0.15, 0.2) is 0 Å². The highest BCUT2D eigenvalue weighted by Crippen LogP contribution is 2.18. The Balaban J connectivity index is 1.73. The van der Waals surface area contributed by atoms with E-state index in [1.807, 2.05) is 0 Å². The molecule has 0 radical (unpaired) electrons. The van der Waals surface area contributed by atoms with E-state index in [9.17, 15) is 22.4 Å². The van der Waals surface area contributed by atoms with Gasteiger partial charge in [0.25, 0.3) is 5.56 Å². The van der Waals surface area contributed by atoms with Crippen LogP contribution in [0.25, 0.3) is 10.9 Å². The van der Waals surface area contributed by atoms with Crippen molar-refractivity contribution in [3.63, 3.8) is 0 Å². The summed E-state index contributed by atoms with van der Waals surface area (Å²) >= 11 is 0. The number of carbonyl (C=O) groups excluding carboxylic acids is 1. The lowest BCUT2D eigenvalue weighted by Gasteiger charge is -2.16. The predicted molar refractivity (Wildman–Crippen MR) is 110 cm³/mol.